The van der Waals surface area contributed by atoms with Crippen LogP contribution < -0.4 is 26.6 Å². The Morgan fingerprint density at radius 3 is 2.32 bits per heavy atom. The number of aryl methyl sites for hydroxylation is 3. The number of Topliss-reactive ketones (excluding diaryl/α,β-unsaturated/α-hetero) is 1. The van der Waals surface area contributed by atoms with E-state index in [0.717, 1.165) is 36.4 Å². The Labute approximate surface area is 439 Å². The van der Waals surface area contributed by atoms with Gasteiger partial charge in [0.1, 0.15) is 23.4 Å². The molecule has 76 heavy (non-hydrogen) atoms. The maximum Gasteiger partial charge on any atom is 0.328 e. The van der Waals surface area contributed by atoms with Crippen LogP contribution in [0.3, 0.4) is 0 Å². The smallest absolute Gasteiger partial charge is 0.328 e. The zero-order valence-electron chi connectivity index (χ0n) is 44.5. The van der Waals surface area contributed by atoms with E-state index >= 15 is 0 Å². The molecule has 3 aliphatic rings. The van der Waals surface area contributed by atoms with Crippen molar-refractivity contribution >= 4 is 34.1 Å². The standard InChI is InChI=1S/C54H72FN7O14/c1-28-17-15-18-29(2)51(70)57-42-36(25-56-21-13-11-10-12-14-23-62-26-35(59-60-62)19-16-22-61-27-37(55)52(71)58-53(61)72)46(67)39-40(47(42)68)45(66)33(6)49-41(39)50(69)54(8,76-49)74-24-20-38(73-9)30(3)48(75-34(7)63)32(5)44(65)31(4)43(28)64/h15,17-18,20,24,26-28,30-32,38,43-44,48,56,64-68H,10-14,16,19,21-23,25H2,1-9H3,(H,57,70)(H,58,71,72)/b17-15+,24-20+,29-18-/t28-,30+,31+,32+,38-,43-,44+,48+,54-/m0/s1. The lowest BCUT2D eigenvalue weighted by Crippen LogP contribution is -2.46. The number of nitrogens with one attached hydrogen (secondary N) is 3. The number of carbonyl (C=O) groups is 3. The van der Waals surface area contributed by atoms with Crippen molar-refractivity contribution in [2.75, 3.05) is 19.0 Å². The molecule has 0 aliphatic carbocycles. The van der Waals surface area contributed by atoms with E-state index < -0.39 is 106 Å². The Balaban J connectivity index is 1.21. The number of nitrogens with zero attached hydrogens (tertiary/aromatic N) is 4. The summed E-state index contributed by atoms with van der Waals surface area (Å²) in [5.74, 6) is -9.44. The first kappa shape index (κ1) is 58.4. The predicted octanol–water partition coefficient (Wildman–Crippen LogP) is 5.71. The number of halogens is 1. The van der Waals surface area contributed by atoms with E-state index in [4.69, 9.17) is 18.9 Å². The first-order valence-corrected chi connectivity index (χ1v) is 25.7. The maximum absolute atomic E-state index is 14.6. The molecule has 414 valence electrons. The van der Waals surface area contributed by atoms with Gasteiger partial charge < -0.3 is 55.1 Å². The number of aromatic amines is 1. The number of amides is 1. The summed E-state index contributed by atoms with van der Waals surface area (Å²) in [6, 6.07) is 0. The van der Waals surface area contributed by atoms with E-state index in [9.17, 15) is 53.9 Å². The summed E-state index contributed by atoms with van der Waals surface area (Å²) in [5, 5.41) is 72.9. The van der Waals surface area contributed by atoms with Gasteiger partial charge in [0, 0.05) is 92.5 Å². The van der Waals surface area contributed by atoms with Gasteiger partial charge in [-0.25, -0.2) is 4.79 Å². The molecule has 22 heteroatoms. The molecule has 7 rings (SSSR count). The lowest BCUT2D eigenvalue weighted by molar-refractivity contribution is -0.160. The third-order valence-electron chi connectivity index (χ3n) is 14.5. The van der Waals surface area contributed by atoms with Crippen molar-refractivity contribution in [1.82, 2.24) is 29.9 Å². The summed E-state index contributed by atoms with van der Waals surface area (Å²) in [4.78, 5) is 66.1. The van der Waals surface area contributed by atoms with Gasteiger partial charge in [-0.3, -0.25) is 33.4 Å². The number of carbonyl (C=O) groups excluding carboxylic acids is 3. The number of unbranched alkanes of at least 4 members (excludes halogenated alkanes) is 4. The van der Waals surface area contributed by atoms with E-state index in [-0.39, 0.29) is 57.6 Å². The average molecular weight is 1060 g/mol. The molecule has 4 aromatic rings. The molecule has 0 radical (unpaired) electrons. The number of ether oxygens (including phenoxy) is 4. The monoisotopic (exact) mass is 1060 g/mol. The molecule has 0 unspecified atom stereocenters. The summed E-state index contributed by atoms with van der Waals surface area (Å²) in [6.45, 7) is 13.7. The Kier molecular flexibility index (Phi) is 19.4. The minimum Gasteiger partial charge on any atom is -0.507 e. The van der Waals surface area contributed by atoms with Crippen LogP contribution in [-0.4, -0.2) is 112 Å². The fraction of sp³-hybridized carbons (Fsp3) is 0.537. The average Bonchev–Trinajstić information content (AvgIpc) is 3.94. The second kappa shape index (κ2) is 25.3. The van der Waals surface area contributed by atoms with Crippen LogP contribution in [0.25, 0.3) is 10.8 Å². The lowest BCUT2D eigenvalue weighted by Gasteiger charge is -2.38. The zero-order chi connectivity index (χ0) is 55.8. The number of phenolic OH excluding ortho intramolecular Hbond substituents is 3. The van der Waals surface area contributed by atoms with Crippen LogP contribution in [0.1, 0.15) is 114 Å². The summed E-state index contributed by atoms with van der Waals surface area (Å²) in [5.41, 5.74) is -1.18. The molecule has 1 amide bonds. The quantitative estimate of drug-likeness (QED) is 0.0289. The number of esters is 1. The summed E-state index contributed by atoms with van der Waals surface area (Å²) >= 11 is 0. The van der Waals surface area contributed by atoms with E-state index in [0.29, 0.717) is 38.0 Å². The number of benzene rings is 2. The van der Waals surface area contributed by atoms with Gasteiger partial charge in [0.15, 0.2) is 5.75 Å². The Morgan fingerprint density at radius 1 is 0.895 bits per heavy atom. The third kappa shape index (κ3) is 13.0. The number of aromatic hydroxyl groups is 3. The number of allylic oxidation sites excluding steroid dienone is 2. The number of methoxy groups -OCH3 is 1. The maximum atomic E-state index is 14.6. The fourth-order valence-corrected chi connectivity index (χ4v) is 9.87. The molecular weight excluding hydrogens is 990 g/mol. The number of aliphatic hydroxyl groups excluding tert-OH is 2. The molecule has 3 aliphatic heterocycles. The highest BCUT2D eigenvalue weighted by atomic mass is 19.1. The molecule has 9 atom stereocenters. The second-order valence-electron chi connectivity index (χ2n) is 20.1. The van der Waals surface area contributed by atoms with Crippen molar-refractivity contribution in [3.8, 4) is 23.0 Å². The van der Waals surface area contributed by atoms with Crippen LogP contribution >= 0.6 is 0 Å². The number of hydrogen-bond donors (Lipinski definition) is 8. The van der Waals surface area contributed by atoms with Crippen molar-refractivity contribution in [1.29, 1.82) is 0 Å². The molecule has 5 bridgehead atoms. The molecule has 2 aromatic carbocycles. The number of fused-ring (bicyclic) bond motifs is 14. The van der Waals surface area contributed by atoms with Gasteiger partial charge in [0.2, 0.25) is 5.82 Å². The molecular formula is C54H72FN7O14. The summed E-state index contributed by atoms with van der Waals surface area (Å²) in [7, 11) is 1.43. The van der Waals surface area contributed by atoms with Crippen LogP contribution in [-0.2, 0) is 49.9 Å². The van der Waals surface area contributed by atoms with Gasteiger partial charge in [0.05, 0.1) is 53.1 Å². The minimum atomic E-state index is -2.07. The molecule has 5 heterocycles. The van der Waals surface area contributed by atoms with Crippen molar-refractivity contribution in [3.05, 3.63) is 97.6 Å². The Bertz CT molecular complexity index is 2980. The highest BCUT2D eigenvalue weighted by molar-refractivity contribution is 6.22. The van der Waals surface area contributed by atoms with Gasteiger partial charge in [-0.05, 0) is 52.2 Å². The third-order valence-corrected chi connectivity index (χ3v) is 14.5. The first-order chi connectivity index (χ1) is 36.0. The number of ketones is 1. The highest BCUT2D eigenvalue weighted by Crippen LogP contribution is 2.55. The van der Waals surface area contributed by atoms with Gasteiger partial charge in [-0.15, -0.1) is 5.10 Å². The fourth-order valence-electron chi connectivity index (χ4n) is 9.87. The van der Waals surface area contributed by atoms with Crippen LogP contribution in [0.5, 0.6) is 23.0 Å². The Hall–Kier alpha value is -6.88. The number of hydrogen-bond acceptors (Lipinski definition) is 17. The van der Waals surface area contributed by atoms with E-state index in [1.807, 2.05) is 11.2 Å². The van der Waals surface area contributed by atoms with E-state index in [1.54, 1.807) is 44.5 Å². The van der Waals surface area contributed by atoms with Crippen LogP contribution in [0.4, 0.5) is 10.1 Å². The molecule has 21 nitrogen and oxygen atoms in total. The molecule has 0 saturated heterocycles. The number of H-pyrrole nitrogens is 1. The second-order valence-corrected chi connectivity index (χ2v) is 20.1. The van der Waals surface area contributed by atoms with Gasteiger partial charge in [0.25, 0.3) is 17.2 Å². The van der Waals surface area contributed by atoms with Crippen molar-refractivity contribution < 1.29 is 63.3 Å². The first-order valence-electron chi connectivity index (χ1n) is 25.7. The number of anilines is 1. The number of aliphatic hydroxyl groups is 2. The molecule has 0 saturated carbocycles. The van der Waals surface area contributed by atoms with Gasteiger partial charge >= 0.3 is 17.4 Å². The molecule has 0 spiro atoms. The SMILES string of the molecule is CO[C@H]1/C=C/O[C@@]2(C)Oc3c(C)c(O)c4c(O)c(c(CNCCCCCCCn5cc(CCCn6cc(F)c(=O)[nH]c6=O)nn5)c(O)c4c3C2=O)NC(=O)/C(C)=C\C=C\[C@H](C)[C@H](O)[C@@H](C)[C@@H](O)[C@@H](C)[C@H](OC(C)=O)[C@@H]1C. The van der Waals surface area contributed by atoms with Crippen molar-refractivity contribution in [2.24, 2.45) is 23.7 Å². The van der Waals surface area contributed by atoms with Gasteiger partial charge in [-0.1, -0.05) is 70.4 Å². The van der Waals surface area contributed by atoms with Crippen LogP contribution in [0, 0.1) is 36.4 Å². The minimum absolute atomic E-state index is 0.0213. The highest BCUT2D eigenvalue weighted by Gasteiger charge is 2.50. The summed E-state index contributed by atoms with van der Waals surface area (Å²) in [6.07, 6.45) is 11.3. The predicted molar refractivity (Wildman–Crippen MR) is 278 cm³/mol. The van der Waals surface area contributed by atoms with Gasteiger partial charge in [-0.2, -0.15) is 4.39 Å². The topological polar surface area (TPSA) is 299 Å². The lowest BCUT2D eigenvalue weighted by atomic mass is 9.78. The normalized spacial score (nSPS) is 25.9. The van der Waals surface area contributed by atoms with E-state index in [1.165, 1.54) is 53.2 Å². The zero-order valence-corrected chi connectivity index (χ0v) is 44.5. The van der Waals surface area contributed by atoms with Crippen molar-refractivity contribution in [3.63, 3.8) is 0 Å². The van der Waals surface area contributed by atoms with E-state index in [2.05, 4.69) is 20.9 Å². The molecule has 0 fully saturated rings. The van der Waals surface area contributed by atoms with Crippen LogP contribution in [0.15, 0.2) is 58.1 Å². The number of phenols is 3. The molecule has 2 aromatic heterocycles. The number of rotatable bonds is 16. The Morgan fingerprint density at radius 2 is 1.61 bits per heavy atom. The van der Waals surface area contributed by atoms with Crippen molar-refractivity contribution in [2.45, 2.75) is 150 Å². The number of aromatic nitrogens is 5. The largest absolute Gasteiger partial charge is 0.507 e. The van der Waals surface area contributed by atoms with Crippen LogP contribution in [0.2, 0.25) is 0 Å². The molecule has 8 N–H and O–H groups in total. The summed E-state index contributed by atoms with van der Waals surface area (Å²) < 4.78 is 40.2.